The molecule has 0 aromatic heterocycles. The molecule has 2 rings (SSSR count). The van der Waals surface area contributed by atoms with Crippen LogP contribution in [-0.2, 0) is 0 Å². The number of carbonyl (C=O) groups is 1. The molecule has 1 fully saturated rings. The molecule has 0 N–H and O–H groups in total. The van der Waals surface area contributed by atoms with Gasteiger partial charge in [0, 0.05) is 0 Å². The van der Waals surface area contributed by atoms with Gasteiger partial charge in [0.05, 0.1) is 0 Å². The average molecular weight is 336 g/mol. The topological polar surface area (TPSA) is 45.0 Å². The Bertz CT molecular complexity index is 549. The van der Waals surface area contributed by atoms with Crippen molar-refractivity contribution in [3.63, 3.8) is 0 Å². The average Bonchev–Trinajstić information content (AvgIpc) is 2.36. The normalized spacial score (nSPS) is 19.0. The molecule has 0 radical (unpaired) electrons. The first kappa shape index (κ1) is 14.9. The van der Waals surface area contributed by atoms with Crippen LogP contribution >= 0.6 is 0 Å². The molecule has 106 valence electrons. The minimum atomic E-state index is -0.170. The molecule has 4 nitrogen and oxygen atoms in total. The number of hydrogen-bond acceptors (Lipinski definition) is 2. The van der Waals surface area contributed by atoms with Gasteiger partial charge in [-0.05, 0) is 0 Å². The van der Waals surface area contributed by atoms with Crippen molar-refractivity contribution >= 4 is 30.3 Å². The van der Waals surface area contributed by atoms with Crippen LogP contribution in [-0.4, -0.2) is 47.3 Å². The van der Waals surface area contributed by atoms with Gasteiger partial charge in [-0.3, -0.25) is 0 Å². The number of hydrogen-bond donors (Lipinski definition) is 0. The molecule has 1 aromatic rings. The Kier molecular flexibility index (Phi) is 4.73. The second kappa shape index (κ2) is 6.33. The van der Waals surface area contributed by atoms with Crippen molar-refractivity contribution in [1.29, 1.82) is 0 Å². The molecule has 5 heteroatoms. The van der Waals surface area contributed by atoms with Gasteiger partial charge in [-0.1, -0.05) is 0 Å². The monoisotopic (exact) mass is 337 g/mol. The van der Waals surface area contributed by atoms with Crippen LogP contribution in [0.25, 0.3) is 0 Å². The van der Waals surface area contributed by atoms with Crippen molar-refractivity contribution in [2.45, 2.75) is 39.8 Å². The molecular weight excluding hydrogens is 317 g/mol. The van der Waals surface area contributed by atoms with Gasteiger partial charge in [-0.2, -0.15) is 0 Å². The summed E-state index contributed by atoms with van der Waals surface area (Å²) in [5.74, 6) is -0.170. The number of amidine groups is 2. The maximum absolute atomic E-state index is 12.1. The van der Waals surface area contributed by atoms with E-state index in [1.54, 1.807) is 12.1 Å². The van der Waals surface area contributed by atoms with E-state index >= 15 is 0 Å². The Morgan fingerprint density at radius 3 is 2.30 bits per heavy atom. The van der Waals surface area contributed by atoms with Gasteiger partial charge < -0.3 is 0 Å². The molecule has 0 aliphatic carbocycles. The predicted octanol–water partition coefficient (Wildman–Crippen LogP) is 2.38. The Morgan fingerprint density at radius 1 is 1.10 bits per heavy atom. The van der Waals surface area contributed by atoms with E-state index in [1.165, 1.54) is 0 Å². The predicted molar refractivity (Wildman–Crippen MR) is 83.5 cm³/mol. The number of nitrogens with zero attached hydrogens (tertiary/aromatic N) is 3. The van der Waals surface area contributed by atoms with Gasteiger partial charge in [-0.25, -0.2) is 0 Å². The number of rotatable bonds is 3. The Labute approximate surface area is 126 Å². The third-order valence-electron chi connectivity index (χ3n) is 2.70. The SMILES string of the molecule is CC(C)N=C1[Se]C(=NC(=O)c2ccccc2)N1C(C)C. The summed E-state index contributed by atoms with van der Waals surface area (Å²) in [6.45, 7) is 8.30. The molecule has 1 heterocycles. The second-order valence-electron chi connectivity index (χ2n) is 5.14. The van der Waals surface area contributed by atoms with Gasteiger partial charge in [-0.15, -0.1) is 0 Å². The van der Waals surface area contributed by atoms with Gasteiger partial charge in [0.25, 0.3) is 0 Å². The molecular formula is C15H19N3OSe. The molecule has 0 unspecified atom stereocenters. The molecule has 1 aliphatic heterocycles. The summed E-state index contributed by atoms with van der Waals surface area (Å²) in [6, 6.07) is 9.74. The molecule has 0 bridgehead atoms. The maximum atomic E-state index is 12.1. The van der Waals surface area contributed by atoms with E-state index in [-0.39, 0.29) is 32.9 Å². The fourth-order valence-corrected chi connectivity index (χ4v) is 4.33. The second-order valence-corrected chi connectivity index (χ2v) is 7.10. The summed E-state index contributed by atoms with van der Waals surface area (Å²) in [7, 11) is 0. The first-order valence-corrected chi connectivity index (χ1v) is 8.43. The van der Waals surface area contributed by atoms with E-state index < -0.39 is 0 Å². The third-order valence-corrected chi connectivity index (χ3v) is 4.70. The van der Waals surface area contributed by atoms with Crippen LogP contribution in [0.15, 0.2) is 40.3 Å². The van der Waals surface area contributed by atoms with E-state index in [1.807, 2.05) is 18.2 Å². The van der Waals surface area contributed by atoms with Gasteiger partial charge in [0.15, 0.2) is 0 Å². The summed E-state index contributed by atoms with van der Waals surface area (Å²) >= 11 is 0.0823. The molecule has 1 aromatic carbocycles. The van der Waals surface area contributed by atoms with E-state index in [9.17, 15) is 4.79 Å². The molecule has 1 aliphatic rings. The van der Waals surface area contributed by atoms with Gasteiger partial charge >= 0.3 is 126 Å². The van der Waals surface area contributed by atoms with Crippen molar-refractivity contribution in [1.82, 2.24) is 4.90 Å². The van der Waals surface area contributed by atoms with Crippen molar-refractivity contribution in [3.8, 4) is 0 Å². The summed E-state index contributed by atoms with van der Waals surface area (Å²) in [6.07, 6.45) is 0. The molecule has 1 amide bonds. The number of benzene rings is 1. The van der Waals surface area contributed by atoms with Crippen LogP contribution in [0.4, 0.5) is 0 Å². The fourth-order valence-electron chi connectivity index (χ4n) is 1.78. The van der Waals surface area contributed by atoms with Crippen LogP contribution in [0.1, 0.15) is 38.1 Å². The molecule has 0 spiro atoms. The zero-order valence-electron chi connectivity index (χ0n) is 12.2. The van der Waals surface area contributed by atoms with Crippen LogP contribution in [0.5, 0.6) is 0 Å². The molecule has 0 saturated carbocycles. The van der Waals surface area contributed by atoms with Crippen LogP contribution < -0.4 is 0 Å². The Balaban J connectivity index is 2.18. The Morgan fingerprint density at radius 2 is 1.75 bits per heavy atom. The van der Waals surface area contributed by atoms with Crippen molar-refractivity contribution in [2.24, 2.45) is 9.98 Å². The quantitative estimate of drug-likeness (QED) is 0.796. The van der Waals surface area contributed by atoms with E-state index in [0.717, 1.165) is 9.47 Å². The zero-order chi connectivity index (χ0) is 14.7. The van der Waals surface area contributed by atoms with E-state index in [0.29, 0.717) is 5.56 Å². The summed E-state index contributed by atoms with van der Waals surface area (Å²) < 4.78 is 1.96. The van der Waals surface area contributed by atoms with Gasteiger partial charge in [0.1, 0.15) is 0 Å². The third kappa shape index (κ3) is 3.35. The van der Waals surface area contributed by atoms with Crippen LogP contribution in [0.3, 0.4) is 0 Å². The first-order valence-electron chi connectivity index (χ1n) is 6.72. The van der Waals surface area contributed by atoms with Crippen LogP contribution in [0, 0.1) is 0 Å². The fraction of sp³-hybridized carbons (Fsp3) is 0.400. The van der Waals surface area contributed by atoms with Crippen LogP contribution in [0.2, 0.25) is 0 Å². The van der Waals surface area contributed by atoms with E-state index in [2.05, 4.69) is 42.6 Å². The minimum absolute atomic E-state index is 0.0823. The number of carbonyl (C=O) groups excluding carboxylic acids is 1. The van der Waals surface area contributed by atoms with Crippen molar-refractivity contribution in [3.05, 3.63) is 35.9 Å². The Hall–Kier alpha value is -1.45. The first-order chi connectivity index (χ1) is 9.49. The summed E-state index contributed by atoms with van der Waals surface area (Å²) in [5.41, 5.74) is 0.633. The van der Waals surface area contributed by atoms with Gasteiger partial charge in [0.2, 0.25) is 0 Å². The zero-order valence-corrected chi connectivity index (χ0v) is 13.9. The standard InChI is InChI=1S/C15H19N3OSe/c1-10(2)16-14-18(11(3)4)15(20-14)17-13(19)12-8-6-5-7-9-12/h5-11H,1-4H3. The molecule has 20 heavy (non-hydrogen) atoms. The number of aliphatic imine (C=N–C) groups is 2. The summed E-state index contributed by atoms with van der Waals surface area (Å²) in [5, 5.41) is 0. The summed E-state index contributed by atoms with van der Waals surface area (Å²) in [4.78, 5) is 23.0. The van der Waals surface area contributed by atoms with Crippen molar-refractivity contribution < 1.29 is 4.79 Å². The number of amides is 1. The molecule has 0 atom stereocenters. The van der Waals surface area contributed by atoms with E-state index in [4.69, 9.17) is 0 Å². The van der Waals surface area contributed by atoms with Crippen molar-refractivity contribution in [2.75, 3.05) is 0 Å². The molecule has 1 saturated heterocycles.